The number of anilines is 2. The Hall–Kier alpha value is -0.920. The van der Waals surface area contributed by atoms with Gasteiger partial charge in [0.1, 0.15) is 0 Å². The number of aryl methyl sites for hydroxylation is 2. The van der Waals surface area contributed by atoms with Gasteiger partial charge < -0.3 is 5.32 Å². The normalized spacial score (nSPS) is 10.1. The van der Waals surface area contributed by atoms with Gasteiger partial charge in [-0.25, -0.2) is 4.98 Å². The number of aromatic nitrogens is 1. The zero-order valence-electron chi connectivity index (χ0n) is 12.3. The Morgan fingerprint density at radius 2 is 1.77 bits per heavy atom. The molecule has 0 aliphatic carbocycles. The Balaban J connectivity index is 0.00000176. The highest BCUT2D eigenvalue weighted by molar-refractivity contribution is 14.1. The molecule has 0 saturated carbocycles. The van der Waals surface area contributed by atoms with Gasteiger partial charge in [-0.2, -0.15) is 0 Å². The molecular weight excluding hydrogens is 471 g/mol. The molecule has 1 N–H and O–H groups in total. The maximum Gasteiger partial charge on any atom is 0.187 e. The van der Waals surface area contributed by atoms with E-state index < -0.39 is 0 Å². The average Bonchev–Trinajstić information content (AvgIpc) is 2.92. The number of benzene rings is 2. The monoisotopic (exact) mass is 486 g/mol. The quantitative estimate of drug-likeness (QED) is 0.436. The molecule has 114 valence electrons. The molecule has 0 amide bonds. The van der Waals surface area contributed by atoms with Gasteiger partial charge in [-0.1, -0.05) is 17.7 Å². The van der Waals surface area contributed by atoms with Gasteiger partial charge in [0.15, 0.2) is 5.13 Å². The van der Waals surface area contributed by atoms with E-state index in [1.165, 1.54) is 20.3 Å². The molecule has 0 aliphatic heterocycles. The average molecular weight is 487 g/mol. The highest BCUT2D eigenvalue weighted by atomic mass is 127. The van der Waals surface area contributed by atoms with Crippen molar-refractivity contribution in [1.82, 2.24) is 4.98 Å². The molecule has 0 radical (unpaired) electrons. The Labute approximate surface area is 158 Å². The molecule has 0 fully saturated rings. The molecular formula is C17H16BrIN2S. The van der Waals surface area contributed by atoms with E-state index in [0.717, 1.165) is 16.5 Å². The van der Waals surface area contributed by atoms with Crippen LogP contribution in [0.3, 0.4) is 0 Å². The second-order valence-corrected chi connectivity index (χ2v) is 7.09. The molecule has 0 spiro atoms. The summed E-state index contributed by atoms with van der Waals surface area (Å²) in [4.78, 5) is 4.71. The minimum Gasteiger partial charge on any atom is -0.332 e. The number of nitrogens with zero attached hydrogens (tertiary/aromatic N) is 1. The molecule has 2 nitrogen and oxygen atoms in total. The molecule has 3 rings (SSSR count). The van der Waals surface area contributed by atoms with Crippen molar-refractivity contribution in [2.24, 2.45) is 0 Å². The predicted molar refractivity (Wildman–Crippen MR) is 110 cm³/mol. The van der Waals surface area contributed by atoms with Crippen LogP contribution in [-0.2, 0) is 0 Å². The fourth-order valence-corrected chi connectivity index (χ4v) is 3.21. The van der Waals surface area contributed by atoms with Crippen molar-refractivity contribution >= 4 is 61.7 Å². The lowest BCUT2D eigenvalue weighted by Crippen LogP contribution is -1.90. The lowest BCUT2D eigenvalue weighted by atomic mass is 10.0. The van der Waals surface area contributed by atoms with E-state index in [1.54, 1.807) is 11.3 Å². The van der Waals surface area contributed by atoms with E-state index in [4.69, 9.17) is 4.98 Å². The molecule has 0 aliphatic rings. The van der Waals surface area contributed by atoms with Gasteiger partial charge in [0.25, 0.3) is 0 Å². The largest absolute Gasteiger partial charge is 0.332 e. The van der Waals surface area contributed by atoms with Crippen LogP contribution in [-0.4, -0.2) is 4.98 Å². The van der Waals surface area contributed by atoms with Crippen LogP contribution < -0.4 is 5.32 Å². The molecule has 0 saturated heterocycles. The van der Waals surface area contributed by atoms with Crippen LogP contribution in [0.15, 0.2) is 47.8 Å². The second-order valence-electron chi connectivity index (χ2n) is 4.99. The van der Waals surface area contributed by atoms with Crippen molar-refractivity contribution in [3.8, 4) is 11.3 Å². The summed E-state index contributed by atoms with van der Waals surface area (Å²) in [6.45, 7) is 4.24. The van der Waals surface area contributed by atoms with Crippen LogP contribution >= 0.6 is 50.9 Å². The van der Waals surface area contributed by atoms with E-state index in [1.807, 2.05) is 0 Å². The van der Waals surface area contributed by atoms with Crippen molar-refractivity contribution in [2.75, 3.05) is 5.32 Å². The first-order chi connectivity index (χ1) is 10.1. The number of hydrogen-bond acceptors (Lipinski definition) is 3. The molecule has 5 heteroatoms. The zero-order chi connectivity index (χ0) is 14.8. The Kier molecular flexibility index (Phi) is 6.00. The fourth-order valence-electron chi connectivity index (χ4n) is 2.12. The third kappa shape index (κ3) is 4.08. The highest BCUT2D eigenvalue weighted by Crippen LogP contribution is 2.29. The van der Waals surface area contributed by atoms with Gasteiger partial charge >= 0.3 is 0 Å². The zero-order valence-corrected chi connectivity index (χ0v) is 16.9. The van der Waals surface area contributed by atoms with Crippen molar-refractivity contribution in [2.45, 2.75) is 13.8 Å². The summed E-state index contributed by atoms with van der Waals surface area (Å²) in [6.07, 6.45) is 0. The number of rotatable bonds is 3. The fraction of sp³-hybridized carbons (Fsp3) is 0.118. The van der Waals surface area contributed by atoms with Gasteiger partial charge in [0, 0.05) is 20.2 Å². The Morgan fingerprint density at radius 3 is 2.50 bits per heavy atom. The van der Waals surface area contributed by atoms with E-state index in [-0.39, 0.29) is 17.0 Å². The summed E-state index contributed by atoms with van der Waals surface area (Å²) in [5, 5.41) is 6.39. The van der Waals surface area contributed by atoms with Gasteiger partial charge in [0.05, 0.1) is 5.69 Å². The third-order valence-electron chi connectivity index (χ3n) is 3.27. The van der Waals surface area contributed by atoms with Gasteiger partial charge in [-0.3, -0.25) is 0 Å². The van der Waals surface area contributed by atoms with E-state index in [9.17, 15) is 0 Å². The maximum atomic E-state index is 4.71. The molecule has 1 aromatic heterocycles. The van der Waals surface area contributed by atoms with Gasteiger partial charge in [-0.15, -0.1) is 28.3 Å². The van der Waals surface area contributed by atoms with E-state index in [2.05, 4.69) is 89.6 Å². The second kappa shape index (κ2) is 7.57. The summed E-state index contributed by atoms with van der Waals surface area (Å²) < 4.78 is 1.23. The van der Waals surface area contributed by atoms with Crippen molar-refractivity contribution in [3.63, 3.8) is 0 Å². The first-order valence-electron chi connectivity index (χ1n) is 6.67. The van der Waals surface area contributed by atoms with Gasteiger partial charge in [-0.05, 0) is 72.3 Å². The summed E-state index contributed by atoms with van der Waals surface area (Å²) in [5.74, 6) is 0. The summed E-state index contributed by atoms with van der Waals surface area (Å²) in [7, 11) is 0. The first-order valence-corrected chi connectivity index (χ1v) is 8.63. The highest BCUT2D eigenvalue weighted by Gasteiger charge is 2.07. The Bertz CT molecular complexity index is 769. The maximum absolute atomic E-state index is 4.71. The smallest absolute Gasteiger partial charge is 0.187 e. The van der Waals surface area contributed by atoms with Crippen LogP contribution in [0.2, 0.25) is 0 Å². The van der Waals surface area contributed by atoms with E-state index >= 15 is 0 Å². The molecule has 1 heterocycles. The summed E-state index contributed by atoms with van der Waals surface area (Å²) >= 11 is 3.94. The van der Waals surface area contributed by atoms with Gasteiger partial charge in [0.2, 0.25) is 0 Å². The standard InChI is InChI=1S/C17H15IN2S.BrH/c1-11-3-4-12(2)15(9-11)16-10-21-17(20-16)19-14-7-5-13(18)6-8-14;/h3-10H,1-2H3,(H,19,20);1H. The number of nitrogens with one attached hydrogen (secondary N) is 1. The van der Waals surface area contributed by atoms with Crippen molar-refractivity contribution in [1.29, 1.82) is 0 Å². The third-order valence-corrected chi connectivity index (χ3v) is 4.75. The van der Waals surface area contributed by atoms with E-state index in [0.29, 0.717) is 0 Å². The van der Waals surface area contributed by atoms with Crippen LogP contribution in [0.5, 0.6) is 0 Å². The van der Waals surface area contributed by atoms with Crippen LogP contribution in [0.25, 0.3) is 11.3 Å². The van der Waals surface area contributed by atoms with Crippen LogP contribution in [0.1, 0.15) is 11.1 Å². The lowest BCUT2D eigenvalue weighted by Gasteiger charge is -2.04. The number of thiazole rings is 1. The molecule has 2 aromatic carbocycles. The summed E-state index contributed by atoms with van der Waals surface area (Å²) in [6, 6.07) is 14.8. The number of hydrogen-bond donors (Lipinski definition) is 1. The minimum atomic E-state index is 0. The molecule has 0 atom stereocenters. The van der Waals surface area contributed by atoms with Crippen molar-refractivity contribution in [3.05, 3.63) is 62.5 Å². The predicted octanol–water partition coefficient (Wildman–Crippen LogP) is 6.35. The molecule has 22 heavy (non-hydrogen) atoms. The molecule has 3 aromatic rings. The first kappa shape index (κ1) is 17.4. The minimum absolute atomic E-state index is 0. The Morgan fingerprint density at radius 1 is 1.05 bits per heavy atom. The number of halogens is 2. The molecule has 0 unspecified atom stereocenters. The lowest BCUT2D eigenvalue weighted by molar-refractivity contribution is 1.33. The molecule has 0 bridgehead atoms. The topological polar surface area (TPSA) is 24.9 Å². The summed E-state index contributed by atoms with van der Waals surface area (Å²) in [5.41, 5.74) is 5.83. The van der Waals surface area contributed by atoms with Crippen molar-refractivity contribution < 1.29 is 0 Å². The SMILES string of the molecule is Br.Cc1ccc(C)c(-c2csc(Nc3ccc(I)cc3)n2)c1. The van der Waals surface area contributed by atoms with Crippen LogP contribution in [0, 0.1) is 17.4 Å². The van der Waals surface area contributed by atoms with Crippen LogP contribution in [0.4, 0.5) is 10.8 Å².